The van der Waals surface area contributed by atoms with Crippen LogP contribution in [0.4, 0.5) is 11.4 Å². The van der Waals surface area contributed by atoms with Crippen LogP contribution in [0.5, 0.6) is 0 Å². The third-order valence-corrected chi connectivity index (χ3v) is 3.06. The molecule has 2 N–H and O–H groups in total. The molecule has 0 saturated heterocycles. The molecule has 0 heterocycles. The third-order valence-electron chi connectivity index (χ3n) is 3.06. The van der Waals surface area contributed by atoms with Crippen LogP contribution in [0.25, 0.3) is 0 Å². The Morgan fingerprint density at radius 1 is 0.455 bits per heavy atom. The summed E-state index contributed by atoms with van der Waals surface area (Å²) in [5.41, 5.74) is 2.67. The van der Waals surface area contributed by atoms with Crippen molar-refractivity contribution >= 4 is 11.4 Å². The Hall–Kier alpha value is -1.72. The van der Waals surface area contributed by atoms with Gasteiger partial charge in [0.15, 0.2) is 0 Å². The number of nitrogens with zero attached hydrogens (tertiary/aromatic N) is 2. The van der Waals surface area contributed by atoms with Gasteiger partial charge in [0.05, 0.1) is 42.3 Å². The van der Waals surface area contributed by atoms with Crippen LogP contribution < -0.4 is 8.97 Å². The molecular weight excluding hydrogens is 276 g/mol. The van der Waals surface area contributed by atoms with Gasteiger partial charge in [0.2, 0.25) is 0 Å². The molecule has 2 aromatic rings. The highest BCUT2D eigenvalue weighted by Gasteiger charge is 2.09. The van der Waals surface area contributed by atoms with Crippen LogP contribution in [0.2, 0.25) is 0 Å². The normalized spacial score (nSPS) is 10.5. The lowest BCUT2D eigenvalue weighted by Gasteiger charge is -2.22. The van der Waals surface area contributed by atoms with Crippen LogP contribution in [0, 0.1) is 0 Å². The molecule has 2 rings (SSSR count). The summed E-state index contributed by atoms with van der Waals surface area (Å²) in [5.74, 6) is 0. The Morgan fingerprint density at radius 3 is 0.818 bits per heavy atom. The number of para-hydroxylation sites is 2. The molecule has 22 heavy (non-hydrogen) atoms. The highest BCUT2D eigenvalue weighted by Crippen LogP contribution is 2.14. The van der Waals surface area contributed by atoms with Crippen LogP contribution >= 0.6 is 0 Å². The van der Waals surface area contributed by atoms with E-state index in [-0.39, 0.29) is 11.0 Å². The second kappa shape index (κ2) is 9.33. The van der Waals surface area contributed by atoms with Crippen LogP contribution in [0.1, 0.15) is 0 Å². The summed E-state index contributed by atoms with van der Waals surface area (Å²) in [5, 5.41) is 0. The van der Waals surface area contributed by atoms with Crippen LogP contribution in [0.3, 0.4) is 0 Å². The summed E-state index contributed by atoms with van der Waals surface area (Å²) in [6.07, 6.45) is 0. The minimum atomic E-state index is 0. The lowest BCUT2D eigenvalue weighted by Crippen LogP contribution is -2.34. The summed E-state index contributed by atoms with van der Waals surface area (Å²) < 4.78 is 1.78. The lowest BCUT2D eigenvalue weighted by atomic mass is 10.3. The highest BCUT2D eigenvalue weighted by atomic mass is 16.0. The van der Waals surface area contributed by atoms with E-state index in [1.54, 1.807) is 0 Å². The van der Waals surface area contributed by atoms with Crippen molar-refractivity contribution in [1.29, 1.82) is 0 Å². The predicted molar refractivity (Wildman–Crippen MR) is 95.9 cm³/mol. The van der Waals surface area contributed by atoms with E-state index in [2.05, 4.69) is 90.8 Å². The average molecular weight is 306 g/mol. The van der Waals surface area contributed by atoms with Crippen molar-refractivity contribution in [3.63, 3.8) is 0 Å². The molecular formula is C18H30N2O2. The Kier molecular flexibility index (Phi) is 9.57. The first-order chi connectivity index (χ1) is 9.21. The van der Waals surface area contributed by atoms with Crippen LogP contribution in [-0.2, 0) is 0 Å². The van der Waals surface area contributed by atoms with Crippen LogP contribution in [-0.4, -0.2) is 53.2 Å². The van der Waals surface area contributed by atoms with E-state index in [9.17, 15) is 0 Å². The second-order valence-electron chi connectivity index (χ2n) is 6.70. The van der Waals surface area contributed by atoms with Crippen molar-refractivity contribution in [2.24, 2.45) is 0 Å². The van der Waals surface area contributed by atoms with Crippen molar-refractivity contribution in [3.8, 4) is 0 Å². The molecule has 0 spiro atoms. The van der Waals surface area contributed by atoms with Gasteiger partial charge in [-0.2, -0.15) is 0 Å². The summed E-state index contributed by atoms with van der Waals surface area (Å²) in [7, 11) is 13.0. The number of hydrogen-bond donors (Lipinski definition) is 0. The summed E-state index contributed by atoms with van der Waals surface area (Å²) in [6, 6.07) is 20.9. The van der Waals surface area contributed by atoms with Gasteiger partial charge in [0.1, 0.15) is 11.4 Å². The van der Waals surface area contributed by atoms with E-state index in [0.717, 1.165) is 8.97 Å². The number of hydrogen-bond acceptors (Lipinski definition) is 2. The monoisotopic (exact) mass is 306 g/mol. The molecule has 0 aromatic heterocycles. The fourth-order valence-corrected chi connectivity index (χ4v) is 1.75. The smallest absolute Gasteiger partial charge is 0.132 e. The first-order valence-corrected chi connectivity index (χ1v) is 6.95. The summed E-state index contributed by atoms with van der Waals surface area (Å²) in [4.78, 5) is 0. The molecule has 124 valence electrons. The van der Waals surface area contributed by atoms with Gasteiger partial charge in [0, 0.05) is 0 Å². The quantitative estimate of drug-likeness (QED) is 0.798. The maximum atomic E-state index is 2.16. The van der Waals surface area contributed by atoms with Gasteiger partial charge in [-0.25, -0.2) is 0 Å². The first kappa shape index (κ1) is 22.6. The molecule has 0 aliphatic rings. The van der Waals surface area contributed by atoms with Gasteiger partial charge in [0.25, 0.3) is 0 Å². The van der Waals surface area contributed by atoms with Gasteiger partial charge in [-0.05, 0) is 24.3 Å². The Morgan fingerprint density at radius 2 is 0.682 bits per heavy atom. The lowest BCUT2D eigenvalue weighted by molar-refractivity contribution is 0.486. The number of rotatable bonds is 2. The first-order valence-electron chi connectivity index (χ1n) is 6.95. The maximum absolute atomic E-state index is 2.16. The van der Waals surface area contributed by atoms with Gasteiger partial charge in [-0.15, -0.1) is 0 Å². The van der Waals surface area contributed by atoms with E-state index < -0.39 is 0 Å². The molecule has 0 unspecified atom stereocenters. The molecule has 0 bridgehead atoms. The van der Waals surface area contributed by atoms with E-state index in [4.69, 9.17) is 0 Å². The van der Waals surface area contributed by atoms with Gasteiger partial charge < -0.3 is 11.0 Å². The molecule has 0 aliphatic carbocycles. The SMILES string of the molecule is C[N+](C)(C)c1ccccc1.C[N+](C)(C)c1ccccc1.[OH-].[OH-]. The molecule has 0 fully saturated rings. The van der Waals surface area contributed by atoms with E-state index in [1.165, 1.54) is 11.4 Å². The summed E-state index contributed by atoms with van der Waals surface area (Å²) >= 11 is 0. The van der Waals surface area contributed by atoms with Gasteiger partial charge in [-0.3, -0.25) is 8.97 Å². The third kappa shape index (κ3) is 7.90. The standard InChI is InChI=1S/2C9H14N.2H2O/c2*1-10(2,3)9-7-5-4-6-8-9;;/h2*4-8H,1-3H3;2*1H2/q2*+1;;/p-2. The van der Waals surface area contributed by atoms with Crippen molar-refractivity contribution in [1.82, 2.24) is 8.97 Å². The zero-order valence-corrected chi connectivity index (χ0v) is 14.6. The largest absolute Gasteiger partial charge is 0.870 e. The minimum absolute atomic E-state index is 0. The molecule has 0 aliphatic heterocycles. The van der Waals surface area contributed by atoms with E-state index >= 15 is 0 Å². The molecule has 0 radical (unpaired) electrons. The van der Waals surface area contributed by atoms with Crippen molar-refractivity contribution in [2.45, 2.75) is 0 Å². The second-order valence-corrected chi connectivity index (χ2v) is 6.70. The average Bonchev–Trinajstić information content (AvgIpc) is 2.40. The highest BCUT2D eigenvalue weighted by molar-refractivity contribution is 5.40. The van der Waals surface area contributed by atoms with Gasteiger partial charge >= 0.3 is 0 Å². The predicted octanol–water partition coefficient (Wildman–Crippen LogP) is 3.41. The molecule has 0 saturated carbocycles. The molecule has 0 atom stereocenters. The van der Waals surface area contributed by atoms with Crippen molar-refractivity contribution in [2.75, 3.05) is 42.3 Å². The zero-order chi connectivity index (χ0) is 15.2. The maximum Gasteiger partial charge on any atom is 0.132 e. The molecule has 2 aromatic carbocycles. The van der Waals surface area contributed by atoms with E-state index in [1.807, 2.05) is 12.1 Å². The zero-order valence-electron chi connectivity index (χ0n) is 14.6. The van der Waals surface area contributed by atoms with Crippen molar-refractivity contribution in [3.05, 3.63) is 60.7 Å². The fraction of sp³-hybridized carbons (Fsp3) is 0.333. The van der Waals surface area contributed by atoms with Crippen LogP contribution in [0.15, 0.2) is 60.7 Å². The minimum Gasteiger partial charge on any atom is -0.870 e. The van der Waals surface area contributed by atoms with E-state index in [0.29, 0.717) is 0 Å². The number of benzene rings is 2. The fourth-order valence-electron chi connectivity index (χ4n) is 1.75. The molecule has 4 nitrogen and oxygen atoms in total. The summed E-state index contributed by atoms with van der Waals surface area (Å²) in [6.45, 7) is 0. The Bertz CT molecular complexity index is 451. The number of quaternary nitrogens is 2. The molecule has 0 amide bonds. The Balaban J connectivity index is 0. The van der Waals surface area contributed by atoms with Gasteiger partial charge in [-0.1, -0.05) is 36.4 Å². The molecule has 4 heteroatoms. The topological polar surface area (TPSA) is 60.0 Å². The Labute approximate surface area is 135 Å². The van der Waals surface area contributed by atoms with Crippen molar-refractivity contribution < 1.29 is 11.0 Å².